The number of carboxylic acid groups (broad SMARTS) is 1. The van der Waals surface area contributed by atoms with Crippen molar-refractivity contribution in [2.45, 2.75) is 12.8 Å². The molecule has 0 aromatic carbocycles. The maximum Gasteiger partial charge on any atom is 0.303 e. The van der Waals surface area contributed by atoms with E-state index in [0.717, 1.165) is 11.3 Å². The number of aromatic nitrogens is 2. The van der Waals surface area contributed by atoms with Gasteiger partial charge < -0.3 is 5.11 Å². The molecular formula is C10H9ClN2O2. The summed E-state index contributed by atoms with van der Waals surface area (Å²) >= 11 is 5.99. The van der Waals surface area contributed by atoms with Gasteiger partial charge >= 0.3 is 5.97 Å². The van der Waals surface area contributed by atoms with Crippen LogP contribution in [0.25, 0.3) is 5.65 Å². The van der Waals surface area contributed by atoms with Gasteiger partial charge in [0.05, 0.1) is 6.42 Å². The Kier molecular flexibility index (Phi) is 2.60. The summed E-state index contributed by atoms with van der Waals surface area (Å²) in [6, 6.07) is 5.39. The van der Waals surface area contributed by atoms with Crippen molar-refractivity contribution < 1.29 is 9.90 Å². The molecule has 0 saturated heterocycles. The van der Waals surface area contributed by atoms with Crippen LogP contribution >= 0.6 is 11.6 Å². The topological polar surface area (TPSA) is 54.6 Å². The van der Waals surface area contributed by atoms with Gasteiger partial charge in [-0.05, 0) is 12.1 Å². The molecule has 0 atom stereocenters. The highest BCUT2D eigenvalue weighted by Crippen LogP contribution is 2.16. The van der Waals surface area contributed by atoms with Crippen molar-refractivity contribution in [3.8, 4) is 0 Å². The van der Waals surface area contributed by atoms with Crippen molar-refractivity contribution in [3.05, 3.63) is 35.2 Å². The normalized spacial score (nSPS) is 10.7. The Morgan fingerprint density at radius 3 is 3.07 bits per heavy atom. The molecule has 0 aliphatic rings. The lowest BCUT2D eigenvalue weighted by atomic mass is 10.2. The summed E-state index contributed by atoms with van der Waals surface area (Å²) in [5, 5.41) is 9.14. The van der Waals surface area contributed by atoms with Gasteiger partial charge in [0.15, 0.2) is 0 Å². The van der Waals surface area contributed by atoms with Crippen molar-refractivity contribution in [1.29, 1.82) is 0 Å². The van der Waals surface area contributed by atoms with Gasteiger partial charge in [0.2, 0.25) is 0 Å². The molecule has 0 bridgehead atoms. The zero-order chi connectivity index (χ0) is 10.8. The van der Waals surface area contributed by atoms with E-state index in [9.17, 15) is 4.79 Å². The van der Waals surface area contributed by atoms with Crippen molar-refractivity contribution in [2.75, 3.05) is 0 Å². The molecule has 0 saturated carbocycles. The zero-order valence-electron chi connectivity index (χ0n) is 7.85. The number of rotatable bonds is 3. The summed E-state index contributed by atoms with van der Waals surface area (Å²) in [5.74, 6) is -0.822. The smallest absolute Gasteiger partial charge is 0.303 e. The molecule has 0 radical (unpaired) electrons. The molecule has 1 N–H and O–H groups in total. The van der Waals surface area contributed by atoms with Gasteiger partial charge in [-0.3, -0.25) is 9.20 Å². The number of carbonyl (C=O) groups is 1. The molecule has 0 aliphatic carbocycles. The number of aryl methyl sites for hydroxylation is 1. The lowest BCUT2D eigenvalue weighted by molar-refractivity contribution is -0.136. The molecule has 0 fully saturated rings. The fourth-order valence-electron chi connectivity index (χ4n) is 1.47. The maximum atomic E-state index is 10.5. The number of imidazole rings is 1. The summed E-state index contributed by atoms with van der Waals surface area (Å²) in [4.78, 5) is 14.6. The van der Waals surface area contributed by atoms with Crippen molar-refractivity contribution in [1.82, 2.24) is 9.38 Å². The van der Waals surface area contributed by atoms with Crippen LogP contribution in [0.3, 0.4) is 0 Å². The third kappa shape index (κ3) is 1.94. The third-order valence-corrected chi connectivity index (χ3v) is 2.44. The molecule has 0 amide bonds. The monoisotopic (exact) mass is 224 g/mol. The van der Waals surface area contributed by atoms with E-state index in [1.54, 1.807) is 16.7 Å². The lowest BCUT2D eigenvalue weighted by Gasteiger charge is -2.01. The Hall–Kier alpha value is -1.55. The van der Waals surface area contributed by atoms with Crippen LogP contribution in [0.15, 0.2) is 24.4 Å². The summed E-state index contributed by atoms with van der Waals surface area (Å²) in [5.41, 5.74) is 1.56. The average Bonchev–Trinajstić information content (AvgIpc) is 2.59. The Balaban J connectivity index is 2.39. The van der Waals surface area contributed by atoms with Gasteiger partial charge in [0.25, 0.3) is 0 Å². The Labute approximate surface area is 91.1 Å². The second-order valence-electron chi connectivity index (χ2n) is 3.19. The molecule has 2 rings (SSSR count). The number of fused-ring (bicyclic) bond motifs is 1. The van der Waals surface area contributed by atoms with E-state index in [2.05, 4.69) is 4.98 Å². The molecule has 2 heterocycles. The van der Waals surface area contributed by atoms with Crippen LogP contribution in [0.1, 0.15) is 12.1 Å². The maximum absolute atomic E-state index is 10.5. The molecular weight excluding hydrogens is 216 g/mol. The van der Waals surface area contributed by atoms with E-state index < -0.39 is 5.97 Å². The first-order valence-electron chi connectivity index (χ1n) is 4.51. The molecule has 4 nitrogen and oxygen atoms in total. The highest BCUT2D eigenvalue weighted by atomic mass is 35.5. The molecule has 2 aromatic heterocycles. The number of pyridine rings is 1. The molecule has 5 heteroatoms. The lowest BCUT2D eigenvalue weighted by Crippen LogP contribution is -2.00. The Bertz CT molecular complexity index is 507. The highest BCUT2D eigenvalue weighted by molar-refractivity contribution is 6.29. The predicted octanol–water partition coefficient (Wildman–Crippen LogP) is 2.00. The minimum Gasteiger partial charge on any atom is -0.481 e. The molecule has 78 valence electrons. The van der Waals surface area contributed by atoms with Crippen LogP contribution in [0.4, 0.5) is 0 Å². The first-order valence-corrected chi connectivity index (χ1v) is 4.89. The first kappa shape index (κ1) is 9.98. The highest BCUT2D eigenvalue weighted by Gasteiger charge is 2.07. The molecule has 0 spiro atoms. The Morgan fingerprint density at radius 2 is 2.33 bits per heavy atom. The van der Waals surface area contributed by atoms with Crippen LogP contribution in [-0.2, 0) is 11.2 Å². The first-order chi connectivity index (χ1) is 7.18. The van der Waals surface area contributed by atoms with E-state index in [4.69, 9.17) is 16.7 Å². The van der Waals surface area contributed by atoms with Gasteiger partial charge in [-0.15, -0.1) is 0 Å². The fourth-order valence-corrected chi connectivity index (χ4v) is 1.73. The van der Waals surface area contributed by atoms with Crippen LogP contribution in [0, 0.1) is 0 Å². The number of hydrogen-bond acceptors (Lipinski definition) is 2. The standard InChI is InChI=1S/C10H9ClN2O2/c11-8-2-1-3-9-12-6-7(13(8)9)4-5-10(14)15/h1-3,6H,4-5H2,(H,14,15). The third-order valence-electron chi connectivity index (χ3n) is 2.15. The van der Waals surface area contributed by atoms with Gasteiger partial charge in [-0.1, -0.05) is 17.7 Å². The van der Waals surface area contributed by atoms with E-state index >= 15 is 0 Å². The van der Waals surface area contributed by atoms with Crippen molar-refractivity contribution in [2.24, 2.45) is 0 Å². The quantitative estimate of drug-likeness (QED) is 0.812. The van der Waals surface area contributed by atoms with Crippen LogP contribution in [0.5, 0.6) is 0 Å². The van der Waals surface area contributed by atoms with E-state index in [1.807, 2.05) is 12.1 Å². The molecule has 2 aromatic rings. The second-order valence-corrected chi connectivity index (χ2v) is 3.57. The van der Waals surface area contributed by atoms with Crippen molar-refractivity contribution in [3.63, 3.8) is 0 Å². The fraction of sp³-hybridized carbons (Fsp3) is 0.200. The summed E-state index contributed by atoms with van der Waals surface area (Å²) < 4.78 is 1.75. The van der Waals surface area contributed by atoms with Gasteiger partial charge in [0.1, 0.15) is 10.8 Å². The number of nitrogens with zero attached hydrogens (tertiary/aromatic N) is 2. The van der Waals surface area contributed by atoms with Gasteiger partial charge in [0, 0.05) is 18.3 Å². The van der Waals surface area contributed by atoms with E-state index in [0.29, 0.717) is 11.6 Å². The number of hydrogen-bond donors (Lipinski definition) is 1. The van der Waals surface area contributed by atoms with Crippen LogP contribution in [-0.4, -0.2) is 20.5 Å². The SMILES string of the molecule is O=C(O)CCc1cnc2cccc(Cl)n12. The van der Waals surface area contributed by atoms with Crippen molar-refractivity contribution >= 4 is 23.2 Å². The summed E-state index contributed by atoms with van der Waals surface area (Å²) in [6.07, 6.45) is 2.17. The minimum absolute atomic E-state index is 0.0824. The number of carboxylic acids is 1. The largest absolute Gasteiger partial charge is 0.481 e. The number of halogens is 1. The van der Waals surface area contributed by atoms with Crippen LogP contribution in [0.2, 0.25) is 5.15 Å². The second kappa shape index (κ2) is 3.90. The van der Waals surface area contributed by atoms with Gasteiger partial charge in [-0.2, -0.15) is 0 Å². The van der Waals surface area contributed by atoms with Crippen LogP contribution < -0.4 is 0 Å². The minimum atomic E-state index is -0.822. The summed E-state index contributed by atoms with van der Waals surface area (Å²) in [6.45, 7) is 0. The van der Waals surface area contributed by atoms with E-state index in [-0.39, 0.29) is 6.42 Å². The van der Waals surface area contributed by atoms with Gasteiger partial charge in [-0.25, -0.2) is 4.98 Å². The predicted molar refractivity (Wildman–Crippen MR) is 56.2 cm³/mol. The average molecular weight is 225 g/mol. The molecule has 0 unspecified atom stereocenters. The molecule has 0 aliphatic heterocycles. The Morgan fingerprint density at radius 1 is 1.53 bits per heavy atom. The summed E-state index contributed by atoms with van der Waals surface area (Å²) in [7, 11) is 0. The zero-order valence-corrected chi connectivity index (χ0v) is 8.61. The number of aliphatic carboxylic acids is 1. The molecule has 15 heavy (non-hydrogen) atoms. The van der Waals surface area contributed by atoms with E-state index in [1.165, 1.54) is 0 Å².